The number of carboxylic acids is 1. The maximum Gasteiger partial charge on any atom is 0.317 e. The molecule has 4 nitrogen and oxygen atoms in total. The number of nitrogens with zero attached hydrogens (tertiary/aromatic N) is 1. The summed E-state index contributed by atoms with van der Waals surface area (Å²) in [6, 6.07) is 10.7. The fourth-order valence-corrected chi connectivity index (χ4v) is 2.45. The molecule has 26 heavy (non-hydrogen) atoms. The molecule has 1 N–H and O–H groups in total. The van der Waals surface area contributed by atoms with E-state index in [4.69, 9.17) is 9.84 Å². The molecule has 0 bridgehead atoms. The van der Waals surface area contributed by atoms with Gasteiger partial charge in [-0.15, -0.1) is 12.4 Å². The van der Waals surface area contributed by atoms with Crippen molar-refractivity contribution < 1.29 is 23.4 Å². The predicted molar refractivity (Wildman–Crippen MR) is 97.8 cm³/mol. The summed E-state index contributed by atoms with van der Waals surface area (Å²) in [6.07, 6.45) is 0.708. The highest BCUT2D eigenvalue weighted by Gasteiger charge is 2.13. The van der Waals surface area contributed by atoms with Gasteiger partial charge in [0, 0.05) is 12.1 Å². The molecule has 1 atom stereocenters. The van der Waals surface area contributed by atoms with Crippen LogP contribution in [0.25, 0.3) is 0 Å². The molecular formula is C19H22ClF2NO3. The van der Waals surface area contributed by atoms with Crippen molar-refractivity contribution in [3.05, 3.63) is 65.2 Å². The van der Waals surface area contributed by atoms with Gasteiger partial charge in [0.25, 0.3) is 0 Å². The van der Waals surface area contributed by atoms with E-state index in [2.05, 4.69) is 0 Å². The molecule has 0 unspecified atom stereocenters. The first-order valence-electron chi connectivity index (χ1n) is 7.92. The quantitative estimate of drug-likeness (QED) is 0.748. The molecule has 0 spiro atoms. The highest BCUT2D eigenvalue weighted by molar-refractivity contribution is 5.85. The lowest BCUT2D eigenvalue weighted by molar-refractivity contribution is -0.138. The Hall–Kier alpha value is -2.18. The van der Waals surface area contributed by atoms with Gasteiger partial charge in [0.1, 0.15) is 24.0 Å². The van der Waals surface area contributed by atoms with Gasteiger partial charge in [0.05, 0.1) is 6.54 Å². The van der Waals surface area contributed by atoms with Crippen LogP contribution < -0.4 is 4.74 Å². The molecule has 2 aromatic rings. The van der Waals surface area contributed by atoms with E-state index in [1.807, 2.05) is 19.1 Å². The van der Waals surface area contributed by atoms with Crippen molar-refractivity contribution in [2.45, 2.75) is 26.0 Å². The minimum Gasteiger partial charge on any atom is -0.489 e. The molecule has 0 aromatic heterocycles. The number of hydrogen-bond donors (Lipinski definition) is 1. The van der Waals surface area contributed by atoms with Gasteiger partial charge >= 0.3 is 5.97 Å². The number of likely N-dealkylation sites (N-methyl/N-ethyl adjacent to an activating group) is 1. The minimum atomic E-state index is -0.855. The van der Waals surface area contributed by atoms with Crippen LogP contribution in [0.4, 0.5) is 8.78 Å². The Bertz CT molecular complexity index is 705. The van der Waals surface area contributed by atoms with Gasteiger partial charge in [0.2, 0.25) is 0 Å². The second-order valence-corrected chi connectivity index (χ2v) is 6.07. The van der Waals surface area contributed by atoms with Crippen molar-refractivity contribution in [3.8, 4) is 5.75 Å². The standard InChI is InChI=1S/C19H21F2NO3.ClH/c1-13(22(2)11-19(23)24)7-14-3-5-18(6-4-14)25-12-15-8-16(20)10-17(21)9-15;/h3-6,8-10,13H,7,11-12H2,1-2H3,(H,23,24);1H/t13-;/m1./s1. The van der Waals surface area contributed by atoms with Gasteiger partial charge in [-0.25, -0.2) is 8.78 Å². The average molecular weight is 386 g/mol. The third-order valence-corrected chi connectivity index (χ3v) is 3.92. The maximum atomic E-state index is 13.1. The average Bonchev–Trinajstić information content (AvgIpc) is 2.52. The fraction of sp³-hybridized carbons (Fsp3) is 0.316. The van der Waals surface area contributed by atoms with Gasteiger partial charge < -0.3 is 9.84 Å². The summed E-state index contributed by atoms with van der Waals surface area (Å²) < 4.78 is 31.8. The SMILES string of the molecule is C[C@H](Cc1ccc(OCc2cc(F)cc(F)c2)cc1)N(C)CC(=O)O.Cl. The molecule has 0 aliphatic carbocycles. The Morgan fingerprint density at radius 2 is 1.69 bits per heavy atom. The van der Waals surface area contributed by atoms with Crippen molar-refractivity contribution in [2.75, 3.05) is 13.6 Å². The largest absolute Gasteiger partial charge is 0.489 e. The zero-order valence-electron chi connectivity index (χ0n) is 14.6. The van der Waals surface area contributed by atoms with Crippen LogP contribution in [0.2, 0.25) is 0 Å². The zero-order valence-corrected chi connectivity index (χ0v) is 15.4. The van der Waals surface area contributed by atoms with Crippen LogP contribution in [0, 0.1) is 11.6 Å². The van der Waals surface area contributed by atoms with Crippen LogP contribution in [0.1, 0.15) is 18.1 Å². The van der Waals surface area contributed by atoms with Crippen molar-refractivity contribution in [1.29, 1.82) is 0 Å². The van der Waals surface area contributed by atoms with Crippen molar-refractivity contribution in [3.63, 3.8) is 0 Å². The summed E-state index contributed by atoms with van der Waals surface area (Å²) >= 11 is 0. The number of rotatable bonds is 8. The molecule has 2 aromatic carbocycles. The van der Waals surface area contributed by atoms with Gasteiger partial charge in [-0.05, 0) is 55.8 Å². The summed E-state index contributed by atoms with van der Waals surface area (Å²) in [7, 11) is 1.77. The summed E-state index contributed by atoms with van der Waals surface area (Å²) in [6.45, 7) is 2.03. The lowest BCUT2D eigenvalue weighted by Gasteiger charge is -2.22. The van der Waals surface area contributed by atoms with Crippen LogP contribution in [0.5, 0.6) is 5.75 Å². The molecule has 0 aliphatic rings. The number of ether oxygens (including phenoxy) is 1. The Kier molecular flexibility index (Phi) is 8.48. The fourth-order valence-electron chi connectivity index (χ4n) is 2.45. The lowest BCUT2D eigenvalue weighted by Crippen LogP contribution is -2.35. The first-order chi connectivity index (χ1) is 11.8. The minimum absolute atomic E-state index is 0. The molecule has 2 rings (SSSR count). The van der Waals surface area contributed by atoms with Gasteiger partial charge in [-0.1, -0.05) is 12.1 Å². The van der Waals surface area contributed by atoms with E-state index in [1.165, 1.54) is 12.1 Å². The van der Waals surface area contributed by atoms with E-state index in [-0.39, 0.29) is 31.6 Å². The van der Waals surface area contributed by atoms with E-state index in [0.717, 1.165) is 11.6 Å². The third kappa shape index (κ3) is 6.98. The normalized spacial score (nSPS) is 11.7. The number of carboxylic acid groups (broad SMARTS) is 1. The number of halogens is 3. The number of hydrogen-bond acceptors (Lipinski definition) is 3. The third-order valence-electron chi connectivity index (χ3n) is 3.92. The predicted octanol–water partition coefficient (Wildman–Crippen LogP) is 3.91. The van der Waals surface area contributed by atoms with Crippen molar-refractivity contribution in [2.24, 2.45) is 0 Å². The van der Waals surface area contributed by atoms with Crippen LogP contribution in [0.15, 0.2) is 42.5 Å². The smallest absolute Gasteiger partial charge is 0.317 e. The number of aliphatic carboxylic acids is 1. The highest BCUT2D eigenvalue weighted by atomic mass is 35.5. The van der Waals surface area contributed by atoms with Crippen molar-refractivity contribution >= 4 is 18.4 Å². The van der Waals surface area contributed by atoms with Gasteiger partial charge in [-0.3, -0.25) is 9.69 Å². The monoisotopic (exact) mass is 385 g/mol. The molecule has 0 saturated heterocycles. The van der Waals surface area contributed by atoms with Gasteiger partial charge in [-0.2, -0.15) is 0 Å². The van der Waals surface area contributed by atoms with Crippen LogP contribution in [-0.2, 0) is 17.8 Å². The Morgan fingerprint density at radius 1 is 1.12 bits per heavy atom. The van der Waals surface area contributed by atoms with E-state index in [0.29, 0.717) is 17.7 Å². The second-order valence-electron chi connectivity index (χ2n) is 6.07. The molecule has 142 valence electrons. The summed E-state index contributed by atoms with van der Waals surface area (Å²) in [5.41, 5.74) is 1.47. The molecule has 0 fully saturated rings. The Balaban J connectivity index is 0.00000338. The van der Waals surface area contributed by atoms with E-state index < -0.39 is 17.6 Å². The van der Waals surface area contributed by atoms with Crippen LogP contribution >= 0.6 is 12.4 Å². The number of benzene rings is 2. The maximum absolute atomic E-state index is 13.1. The van der Waals surface area contributed by atoms with Crippen LogP contribution in [0.3, 0.4) is 0 Å². The molecular weight excluding hydrogens is 364 g/mol. The number of carbonyl (C=O) groups is 1. The molecule has 0 aliphatic heterocycles. The molecule has 0 radical (unpaired) electrons. The first-order valence-corrected chi connectivity index (χ1v) is 7.92. The van der Waals surface area contributed by atoms with E-state index in [1.54, 1.807) is 24.1 Å². The van der Waals surface area contributed by atoms with Crippen molar-refractivity contribution in [1.82, 2.24) is 4.90 Å². The van der Waals surface area contributed by atoms with E-state index in [9.17, 15) is 13.6 Å². The first kappa shape index (κ1) is 21.9. The second kappa shape index (κ2) is 10.1. The molecule has 0 amide bonds. The summed E-state index contributed by atoms with van der Waals surface area (Å²) in [5.74, 6) is -1.52. The van der Waals surface area contributed by atoms with Gasteiger partial charge in [0.15, 0.2) is 0 Å². The summed E-state index contributed by atoms with van der Waals surface area (Å²) in [4.78, 5) is 12.5. The molecule has 0 saturated carbocycles. The Labute approximate surface area is 157 Å². The summed E-state index contributed by atoms with van der Waals surface area (Å²) in [5, 5.41) is 8.82. The van der Waals surface area contributed by atoms with Crippen LogP contribution in [-0.4, -0.2) is 35.6 Å². The zero-order chi connectivity index (χ0) is 18.4. The highest BCUT2D eigenvalue weighted by Crippen LogP contribution is 2.17. The lowest BCUT2D eigenvalue weighted by atomic mass is 10.1. The Morgan fingerprint density at radius 3 is 2.23 bits per heavy atom. The topological polar surface area (TPSA) is 49.8 Å². The van der Waals surface area contributed by atoms with E-state index >= 15 is 0 Å². The molecule has 7 heteroatoms. The molecule has 0 heterocycles.